The monoisotopic (exact) mass is 386 g/mol. The Morgan fingerprint density at radius 1 is 1.60 bits per heavy atom. The highest BCUT2D eigenvalue weighted by atomic mass is 127. The lowest BCUT2D eigenvalue weighted by molar-refractivity contribution is 0.144. The van der Waals surface area contributed by atoms with Crippen LogP contribution in [-0.2, 0) is 11.8 Å². The van der Waals surface area contributed by atoms with Gasteiger partial charge in [0.2, 0.25) is 0 Å². The quantitative estimate of drug-likeness (QED) is 0.588. The Balaban J connectivity index is 3.28. The average molecular weight is 387 g/mol. The molecule has 0 unspecified atom stereocenters. The maximum atomic E-state index is 12.6. The van der Waals surface area contributed by atoms with Crippen LogP contribution in [0, 0.1) is 14.9 Å². The molecular weight excluding hydrogens is 381 g/mol. The van der Waals surface area contributed by atoms with Gasteiger partial charge in [-0.1, -0.05) is 15.9 Å². The van der Waals surface area contributed by atoms with Crippen LogP contribution in [0.1, 0.15) is 23.4 Å². The van der Waals surface area contributed by atoms with Crippen molar-refractivity contribution in [3.63, 3.8) is 0 Å². The third-order valence-electron chi connectivity index (χ3n) is 1.72. The SMILES string of the molecule is N#CCc1cc(CBr)nc(C(F)F)c1I. The standard InChI is InChI=1S/C9H6BrF2IN2/c10-4-6-3-5(1-2-14)7(13)8(15-6)9(11)12/h3,9H,1,4H2. The lowest BCUT2D eigenvalue weighted by Crippen LogP contribution is -2.02. The molecule has 6 heteroatoms. The first-order chi connectivity index (χ1) is 7.10. The first kappa shape index (κ1) is 12.8. The summed E-state index contributed by atoms with van der Waals surface area (Å²) in [5.41, 5.74) is 0.895. The molecule has 0 saturated heterocycles. The van der Waals surface area contributed by atoms with Crippen LogP contribution in [-0.4, -0.2) is 4.98 Å². The molecule has 1 aromatic heterocycles. The van der Waals surface area contributed by atoms with E-state index in [2.05, 4.69) is 20.9 Å². The molecule has 0 aliphatic heterocycles. The van der Waals surface area contributed by atoms with E-state index in [0.717, 1.165) is 0 Å². The summed E-state index contributed by atoms with van der Waals surface area (Å²) in [6, 6.07) is 3.62. The minimum Gasteiger partial charge on any atom is -0.250 e. The normalized spacial score (nSPS) is 10.4. The van der Waals surface area contributed by atoms with Crippen molar-refractivity contribution < 1.29 is 8.78 Å². The molecule has 1 rings (SSSR count). The molecule has 0 aliphatic carbocycles. The molecule has 0 amide bonds. The van der Waals surface area contributed by atoms with E-state index in [9.17, 15) is 8.78 Å². The van der Waals surface area contributed by atoms with Crippen molar-refractivity contribution in [2.45, 2.75) is 18.2 Å². The second kappa shape index (κ2) is 5.70. The van der Waals surface area contributed by atoms with E-state index in [1.807, 2.05) is 6.07 Å². The number of hydrogen-bond acceptors (Lipinski definition) is 2. The van der Waals surface area contributed by atoms with Gasteiger partial charge in [-0.3, -0.25) is 0 Å². The van der Waals surface area contributed by atoms with Gasteiger partial charge >= 0.3 is 0 Å². The van der Waals surface area contributed by atoms with Crippen molar-refractivity contribution in [1.29, 1.82) is 5.26 Å². The van der Waals surface area contributed by atoms with Crippen molar-refractivity contribution in [1.82, 2.24) is 4.98 Å². The molecule has 0 spiro atoms. The van der Waals surface area contributed by atoms with Gasteiger partial charge in [-0.2, -0.15) is 5.26 Å². The van der Waals surface area contributed by atoms with Crippen LogP contribution < -0.4 is 0 Å². The van der Waals surface area contributed by atoms with Gasteiger partial charge in [0.1, 0.15) is 5.69 Å². The molecule has 0 atom stereocenters. The van der Waals surface area contributed by atoms with E-state index in [-0.39, 0.29) is 12.1 Å². The summed E-state index contributed by atoms with van der Waals surface area (Å²) in [6.07, 6.45) is -2.48. The maximum absolute atomic E-state index is 12.6. The van der Waals surface area contributed by atoms with Gasteiger partial charge in [0, 0.05) is 8.90 Å². The topological polar surface area (TPSA) is 36.7 Å². The van der Waals surface area contributed by atoms with Crippen LogP contribution in [0.3, 0.4) is 0 Å². The molecule has 80 valence electrons. The molecule has 0 aliphatic rings. The molecule has 0 saturated carbocycles. The fourth-order valence-corrected chi connectivity index (χ4v) is 2.08. The van der Waals surface area contributed by atoms with Gasteiger partial charge < -0.3 is 0 Å². The van der Waals surface area contributed by atoms with Crippen molar-refractivity contribution in [3.8, 4) is 6.07 Å². The highest BCUT2D eigenvalue weighted by Gasteiger charge is 2.17. The zero-order valence-electron chi connectivity index (χ0n) is 7.48. The Kier molecular flexibility index (Phi) is 4.86. The second-order valence-corrected chi connectivity index (χ2v) is 4.38. The first-order valence-corrected chi connectivity index (χ1v) is 6.19. The van der Waals surface area contributed by atoms with E-state index in [0.29, 0.717) is 20.2 Å². The number of pyridine rings is 1. The van der Waals surface area contributed by atoms with Crippen LogP contribution >= 0.6 is 38.5 Å². The highest BCUT2D eigenvalue weighted by molar-refractivity contribution is 14.1. The maximum Gasteiger partial charge on any atom is 0.281 e. The molecule has 0 N–H and O–H groups in total. The van der Waals surface area contributed by atoms with Gasteiger partial charge in [0.15, 0.2) is 0 Å². The van der Waals surface area contributed by atoms with Crippen LogP contribution in [0.5, 0.6) is 0 Å². The van der Waals surface area contributed by atoms with Crippen molar-refractivity contribution in [2.24, 2.45) is 0 Å². The highest BCUT2D eigenvalue weighted by Crippen LogP contribution is 2.26. The molecule has 1 heterocycles. The van der Waals surface area contributed by atoms with E-state index in [1.54, 1.807) is 28.7 Å². The van der Waals surface area contributed by atoms with E-state index in [1.165, 1.54) is 0 Å². The van der Waals surface area contributed by atoms with Crippen LogP contribution in [0.25, 0.3) is 0 Å². The third kappa shape index (κ3) is 3.08. The third-order valence-corrected chi connectivity index (χ3v) is 3.54. The van der Waals surface area contributed by atoms with Gasteiger partial charge in [0.05, 0.1) is 18.2 Å². The Morgan fingerprint density at radius 3 is 2.73 bits per heavy atom. The predicted octanol–water partition coefficient (Wildman–Crippen LogP) is 3.58. The van der Waals surface area contributed by atoms with Crippen LogP contribution in [0.15, 0.2) is 6.07 Å². The Hall–Kier alpha value is -0.290. The Morgan fingerprint density at radius 2 is 2.27 bits per heavy atom. The van der Waals surface area contributed by atoms with E-state index < -0.39 is 6.43 Å². The number of halogens is 4. The fourth-order valence-electron chi connectivity index (χ4n) is 1.09. The number of nitriles is 1. The smallest absolute Gasteiger partial charge is 0.250 e. The lowest BCUT2D eigenvalue weighted by Gasteiger charge is -2.08. The van der Waals surface area contributed by atoms with Crippen molar-refractivity contribution in [2.75, 3.05) is 0 Å². The largest absolute Gasteiger partial charge is 0.281 e. The Bertz CT molecular complexity index is 404. The molecule has 0 fully saturated rings. The molecule has 15 heavy (non-hydrogen) atoms. The number of nitrogens with zero attached hydrogens (tertiary/aromatic N) is 2. The Labute approximate surface area is 108 Å². The predicted molar refractivity (Wildman–Crippen MR) is 63.9 cm³/mol. The van der Waals surface area contributed by atoms with Crippen LogP contribution in [0.2, 0.25) is 0 Å². The van der Waals surface area contributed by atoms with Gasteiger partial charge in [-0.15, -0.1) is 0 Å². The number of rotatable bonds is 3. The van der Waals surface area contributed by atoms with Crippen molar-refractivity contribution >= 4 is 38.5 Å². The lowest BCUT2D eigenvalue weighted by atomic mass is 10.1. The molecule has 1 aromatic rings. The average Bonchev–Trinajstić information content (AvgIpc) is 2.21. The summed E-state index contributed by atoms with van der Waals surface area (Å²) in [6.45, 7) is 0. The molecular formula is C9H6BrF2IN2. The first-order valence-electron chi connectivity index (χ1n) is 3.99. The molecule has 0 aromatic carbocycles. The zero-order chi connectivity index (χ0) is 11.4. The summed E-state index contributed by atoms with van der Waals surface area (Å²) >= 11 is 4.96. The summed E-state index contributed by atoms with van der Waals surface area (Å²) in [7, 11) is 0. The second-order valence-electron chi connectivity index (χ2n) is 2.74. The number of aromatic nitrogens is 1. The van der Waals surface area contributed by atoms with Gasteiger partial charge in [-0.05, 0) is 34.2 Å². The fraction of sp³-hybridized carbons (Fsp3) is 0.333. The zero-order valence-corrected chi connectivity index (χ0v) is 11.2. The van der Waals surface area contributed by atoms with Gasteiger partial charge in [-0.25, -0.2) is 13.8 Å². The van der Waals surface area contributed by atoms with E-state index in [4.69, 9.17) is 5.26 Å². The van der Waals surface area contributed by atoms with E-state index >= 15 is 0 Å². The summed E-state index contributed by atoms with van der Waals surface area (Å²) in [5, 5.41) is 8.97. The summed E-state index contributed by atoms with van der Waals surface area (Å²) < 4.78 is 25.6. The molecule has 0 radical (unpaired) electrons. The number of alkyl halides is 3. The number of hydrogen-bond donors (Lipinski definition) is 0. The summed E-state index contributed by atoms with van der Waals surface area (Å²) in [5.74, 6) is 0. The van der Waals surface area contributed by atoms with Crippen LogP contribution in [0.4, 0.5) is 8.78 Å². The summed E-state index contributed by atoms with van der Waals surface area (Å²) in [4.78, 5) is 3.82. The van der Waals surface area contributed by atoms with Gasteiger partial charge in [0.25, 0.3) is 6.43 Å². The van der Waals surface area contributed by atoms with Crippen molar-refractivity contribution in [3.05, 3.63) is 26.6 Å². The minimum atomic E-state index is -2.60. The molecule has 0 bridgehead atoms. The molecule has 2 nitrogen and oxygen atoms in total. The minimum absolute atomic E-state index is 0.126.